The van der Waals surface area contributed by atoms with Gasteiger partial charge in [-0.3, -0.25) is 4.90 Å². The summed E-state index contributed by atoms with van der Waals surface area (Å²) in [6.07, 6.45) is 0.986. The lowest BCUT2D eigenvalue weighted by Crippen LogP contribution is -2.49. The van der Waals surface area contributed by atoms with Crippen molar-refractivity contribution in [1.29, 1.82) is 0 Å². The Hall–Kier alpha value is -2.15. The van der Waals surface area contributed by atoms with Crippen molar-refractivity contribution in [2.75, 3.05) is 38.2 Å². The van der Waals surface area contributed by atoms with E-state index >= 15 is 0 Å². The van der Waals surface area contributed by atoms with Gasteiger partial charge in [0.1, 0.15) is 5.75 Å². The molecule has 1 fully saturated rings. The first-order valence-corrected chi connectivity index (χ1v) is 10.3. The molecule has 0 radical (unpaired) electrons. The fraction of sp³-hybridized carbons (Fsp3) is 0.667. The van der Waals surface area contributed by atoms with Crippen LogP contribution in [0.5, 0.6) is 5.75 Å². The summed E-state index contributed by atoms with van der Waals surface area (Å²) in [6, 6.07) is 8.53. The molecule has 2 aromatic rings. The zero-order chi connectivity index (χ0) is 20.3. The highest BCUT2D eigenvalue weighted by atomic mass is 16.5. The molecule has 7 heteroatoms. The molecule has 1 aromatic carbocycles. The van der Waals surface area contributed by atoms with Crippen LogP contribution in [0.3, 0.4) is 0 Å². The van der Waals surface area contributed by atoms with Crippen LogP contribution in [0.2, 0.25) is 0 Å². The van der Waals surface area contributed by atoms with Gasteiger partial charge in [-0.1, -0.05) is 26.8 Å². The van der Waals surface area contributed by atoms with Gasteiger partial charge in [-0.05, 0) is 48.7 Å². The van der Waals surface area contributed by atoms with Crippen molar-refractivity contribution in [3.8, 4) is 5.75 Å². The summed E-state index contributed by atoms with van der Waals surface area (Å²) in [5, 5.41) is 12.8. The van der Waals surface area contributed by atoms with E-state index in [0.29, 0.717) is 5.92 Å². The Morgan fingerprint density at radius 2 is 1.86 bits per heavy atom. The quantitative estimate of drug-likeness (QED) is 0.727. The van der Waals surface area contributed by atoms with Crippen molar-refractivity contribution in [3.63, 3.8) is 0 Å². The van der Waals surface area contributed by atoms with E-state index in [2.05, 4.69) is 78.1 Å². The molecule has 28 heavy (non-hydrogen) atoms. The number of hydrogen-bond acceptors (Lipinski definition) is 6. The molecule has 0 spiro atoms. The maximum absolute atomic E-state index is 5.38. The molecular formula is C21H34N6O. The highest BCUT2D eigenvalue weighted by molar-refractivity contribution is 5.51. The van der Waals surface area contributed by atoms with E-state index in [9.17, 15) is 0 Å². The third kappa shape index (κ3) is 4.14. The number of ether oxygens (including phenoxy) is 1. The van der Waals surface area contributed by atoms with Gasteiger partial charge in [0, 0.05) is 37.9 Å². The van der Waals surface area contributed by atoms with Gasteiger partial charge in [0.15, 0.2) is 5.82 Å². The Balaban J connectivity index is 1.77. The molecular weight excluding hydrogens is 352 g/mol. The van der Waals surface area contributed by atoms with Gasteiger partial charge < -0.3 is 9.64 Å². The van der Waals surface area contributed by atoms with E-state index in [4.69, 9.17) is 4.74 Å². The van der Waals surface area contributed by atoms with Crippen LogP contribution in [0.4, 0.5) is 5.69 Å². The topological polar surface area (TPSA) is 59.3 Å². The van der Waals surface area contributed by atoms with Crippen LogP contribution in [0.25, 0.3) is 0 Å². The van der Waals surface area contributed by atoms with E-state index in [1.54, 1.807) is 7.11 Å². The summed E-state index contributed by atoms with van der Waals surface area (Å²) < 4.78 is 7.41. The van der Waals surface area contributed by atoms with Crippen LogP contribution in [0.15, 0.2) is 24.3 Å². The number of anilines is 1. The van der Waals surface area contributed by atoms with Crippen LogP contribution in [0.1, 0.15) is 52.9 Å². The largest absolute Gasteiger partial charge is 0.497 e. The number of aromatic nitrogens is 4. The third-order valence-corrected chi connectivity index (χ3v) is 5.95. The molecule has 7 nitrogen and oxygen atoms in total. The smallest absolute Gasteiger partial charge is 0.169 e. The second-order valence-electron chi connectivity index (χ2n) is 8.53. The van der Waals surface area contributed by atoms with E-state index in [0.717, 1.165) is 44.2 Å². The summed E-state index contributed by atoms with van der Waals surface area (Å²) in [5.74, 6) is 2.32. The van der Waals surface area contributed by atoms with Crippen molar-refractivity contribution < 1.29 is 4.74 Å². The minimum Gasteiger partial charge on any atom is -0.497 e. The van der Waals surface area contributed by atoms with Crippen molar-refractivity contribution >= 4 is 5.69 Å². The molecule has 3 rings (SSSR count). The maximum Gasteiger partial charge on any atom is 0.169 e. The lowest BCUT2D eigenvalue weighted by molar-refractivity contribution is 0.126. The molecule has 0 amide bonds. The first-order chi connectivity index (χ1) is 13.4. The molecule has 0 unspecified atom stereocenters. The Bertz CT molecular complexity index is 764. The number of benzene rings is 1. The summed E-state index contributed by atoms with van der Waals surface area (Å²) in [6.45, 7) is 15.0. The SMILES string of the molecule is CCC(C)(C)n1nnnc1[C@H](C(C)C)N1CCN(c2cccc(OC)c2)CC1. The van der Waals surface area contributed by atoms with Crippen molar-refractivity contribution in [2.45, 2.75) is 52.6 Å². The minimum absolute atomic E-state index is 0.0889. The van der Waals surface area contributed by atoms with Crippen LogP contribution < -0.4 is 9.64 Å². The molecule has 1 aliphatic heterocycles. The zero-order valence-electron chi connectivity index (χ0n) is 18.1. The predicted molar refractivity (Wildman–Crippen MR) is 112 cm³/mol. The lowest BCUT2D eigenvalue weighted by Gasteiger charge is -2.41. The Morgan fingerprint density at radius 1 is 1.14 bits per heavy atom. The molecule has 0 aliphatic carbocycles. The first-order valence-electron chi connectivity index (χ1n) is 10.3. The van der Waals surface area contributed by atoms with Gasteiger partial charge in [-0.2, -0.15) is 0 Å². The lowest BCUT2D eigenvalue weighted by atomic mass is 9.97. The fourth-order valence-electron chi connectivity index (χ4n) is 3.91. The monoisotopic (exact) mass is 386 g/mol. The van der Waals surface area contributed by atoms with Gasteiger partial charge >= 0.3 is 0 Å². The van der Waals surface area contributed by atoms with E-state index < -0.39 is 0 Å². The van der Waals surface area contributed by atoms with Crippen LogP contribution in [0, 0.1) is 5.92 Å². The van der Waals surface area contributed by atoms with E-state index in [1.807, 2.05) is 10.7 Å². The van der Waals surface area contributed by atoms with E-state index in [1.165, 1.54) is 5.69 Å². The van der Waals surface area contributed by atoms with Crippen molar-refractivity contribution in [1.82, 2.24) is 25.1 Å². The molecule has 0 bridgehead atoms. The number of methoxy groups -OCH3 is 1. The third-order valence-electron chi connectivity index (χ3n) is 5.95. The summed E-state index contributed by atoms with van der Waals surface area (Å²) in [7, 11) is 1.71. The summed E-state index contributed by atoms with van der Waals surface area (Å²) in [4.78, 5) is 4.96. The Morgan fingerprint density at radius 3 is 2.46 bits per heavy atom. The molecule has 2 heterocycles. The van der Waals surface area contributed by atoms with Crippen LogP contribution >= 0.6 is 0 Å². The standard InChI is InChI=1S/C21H34N6O/c1-7-21(4,5)27-20(22-23-24-27)19(16(2)3)26-13-11-25(12-14-26)17-9-8-10-18(15-17)28-6/h8-10,15-16,19H,7,11-14H2,1-6H3/t19-/m0/s1. The van der Waals surface area contributed by atoms with Crippen LogP contribution in [-0.4, -0.2) is 58.4 Å². The summed E-state index contributed by atoms with van der Waals surface area (Å²) in [5.41, 5.74) is 1.13. The van der Waals surface area contributed by atoms with Crippen molar-refractivity contribution in [2.24, 2.45) is 5.92 Å². The second kappa shape index (κ2) is 8.47. The van der Waals surface area contributed by atoms with Gasteiger partial charge in [-0.25, -0.2) is 4.68 Å². The molecule has 1 aliphatic rings. The normalized spacial score (nSPS) is 17.2. The van der Waals surface area contributed by atoms with Crippen molar-refractivity contribution in [3.05, 3.63) is 30.1 Å². The highest BCUT2D eigenvalue weighted by Gasteiger charge is 2.34. The molecule has 0 saturated carbocycles. The number of rotatable bonds is 7. The summed E-state index contributed by atoms with van der Waals surface area (Å²) >= 11 is 0. The highest BCUT2D eigenvalue weighted by Crippen LogP contribution is 2.32. The fourth-order valence-corrected chi connectivity index (χ4v) is 3.91. The molecule has 1 atom stereocenters. The van der Waals surface area contributed by atoms with Gasteiger partial charge in [0.25, 0.3) is 0 Å². The van der Waals surface area contributed by atoms with Gasteiger partial charge in [-0.15, -0.1) is 5.10 Å². The van der Waals surface area contributed by atoms with Crippen LogP contribution in [-0.2, 0) is 5.54 Å². The number of piperazine rings is 1. The van der Waals surface area contributed by atoms with E-state index in [-0.39, 0.29) is 11.6 Å². The average molecular weight is 387 g/mol. The molecule has 1 saturated heterocycles. The maximum atomic E-state index is 5.38. The molecule has 0 N–H and O–H groups in total. The minimum atomic E-state index is -0.0889. The Labute approximate surface area is 168 Å². The number of nitrogens with zero attached hydrogens (tertiary/aromatic N) is 6. The average Bonchev–Trinajstić information content (AvgIpc) is 3.18. The van der Waals surface area contributed by atoms with Gasteiger partial charge in [0.2, 0.25) is 0 Å². The zero-order valence-corrected chi connectivity index (χ0v) is 18.1. The number of hydrogen-bond donors (Lipinski definition) is 0. The second-order valence-corrected chi connectivity index (χ2v) is 8.53. The Kier molecular flexibility index (Phi) is 6.23. The van der Waals surface area contributed by atoms with Gasteiger partial charge in [0.05, 0.1) is 18.7 Å². The first kappa shape index (κ1) is 20.6. The predicted octanol–water partition coefficient (Wildman–Crippen LogP) is 3.35. The molecule has 154 valence electrons. The number of tetrazole rings is 1. The molecule has 1 aromatic heterocycles.